The Morgan fingerprint density at radius 3 is 2.95 bits per heavy atom. The van der Waals surface area contributed by atoms with Crippen LogP contribution in [0.1, 0.15) is 20.9 Å². The number of rotatable bonds is 6. The maximum Gasteiger partial charge on any atom is 0.347 e. The van der Waals surface area contributed by atoms with Crippen LogP contribution in [0.2, 0.25) is 0 Å². The van der Waals surface area contributed by atoms with Crippen molar-refractivity contribution < 1.29 is 14.6 Å². The Labute approximate surface area is 125 Å². The minimum atomic E-state index is -0.918. The first-order chi connectivity index (χ1) is 9.61. The number of aromatic nitrogens is 1. The number of carboxylic acids is 1. The Hall–Kier alpha value is -1.37. The molecule has 0 aliphatic carbocycles. The fourth-order valence-electron chi connectivity index (χ4n) is 1.76. The van der Waals surface area contributed by atoms with Gasteiger partial charge in [-0.15, -0.1) is 23.1 Å². The normalized spacial score (nSPS) is 10.7. The summed E-state index contributed by atoms with van der Waals surface area (Å²) in [5.41, 5.74) is 2.70. The molecule has 106 valence electrons. The Bertz CT molecular complexity index is 610. The van der Waals surface area contributed by atoms with Gasteiger partial charge in [0.15, 0.2) is 0 Å². The fourth-order valence-corrected chi connectivity index (χ4v) is 3.32. The van der Waals surface area contributed by atoms with E-state index in [1.165, 1.54) is 16.9 Å². The number of benzene rings is 1. The molecule has 4 nitrogen and oxygen atoms in total. The van der Waals surface area contributed by atoms with Gasteiger partial charge in [-0.2, -0.15) is 0 Å². The number of hydrogen-bond acceptors (Lipinski definition) is 5. The summed E-state index contributed by atoms with van der Waals surface area (Å²) in [5, 5.41) is 9.83. The monoisotopic (exact) mass is 309 g/mol. The first-order valence-electron chi connectivity index (χ1n) is 5.98. The number of carboxylic acid groups (broad SMARTS) is 1. The van der Waals surface area contributed by atoms with E-state index in [2.05, 4.69) is 4.98 Å². The number of aryl methyl sites for hydroxylation is 1. The maximum atomic E-state index is 11.1. The van der Waals surface area contributed by atoms with Crippen LogP contribution in [0.15, 0.2) is 24.3 Å². The number of nitrogens with zero attached hydrogens (tertiary/aromatic N) is 1. The highest BCUT2D eigenvalue weighted by atomic mass is 32.2. The highest BCUT2D eigenvalue weighted by molar-refractivity contribution is 7.98. The van der Waals surface area contributed by atoms with Gasteiger partial charge in [-0.25, -0.2) is 9.78 Å². The molecule has 1 aromatic heterocycles. The van der Waals surface area contributed by atoms with Gasteiger partial charge in [0, 0.05) is 18.4 Å². The summed E-state index contributed by atoms with van der Waals surface area (Å²) in [6.07, 6.45) is 0. The van der Waals surface area contributed by atoms with Crippen LogP contribution in [0.3, 0.4) is 0 Å². The lowest BCUT2D eigenvalue weighted by Gasteiger charge is -2.03. The van der Waals surface area contributed by atoms with E-state index >= 15 is 0 Å². The maximum absolute atomic E-state index is 11.1. The molecule has 0 spiro atoms. The molecule has 6 heteroatoms. The summed E-state index contributed by atoms with van der Waals surface area (Å²) in [6, 6.07) is 8.01. The van der Waals surface area contributed by atoms with Gasteiger partial charge in [0.1, 0.15) is 9.88 Å². The molecule has 0 aliphatic heterocycles. The van der Waals surface area contributed by atoms with Crippen LogP contribution in [-0.4, -0.2) is 29.1 Å². The van der Waals surface area contributed by atoms with E-state index in [9.17, 15) is 4.79 Å². The number of aromatic carboxylic acids is 1. The number of methoxy groups -OCH3 is 1. The molecular weight excluding hydrogens is 294 g/mol. The largest absolute Gasteiger partial charge is 0.477 e. The third-order valence-electron chi connectivity index (χ3n) is 2.63. The smallest absolute Gasteiger partial charge is 0.347 e. The third kappa shape index (κ3) is 3.59. The second kappa shape index (κ2) is 6.88. The van der Waals surface area contributed by atoms with Crippen molar-refractivity contribution in [1.29, 1.82) is 0 Å². The summed E-state index contributed by atoms with van der Waals surface area (Å²) in [6.45, 7) is 1.72. The quantitative estimate of drug-likeness (QED) is 0.652. The lowest BCUT2D eigenvalue weighted by atomic mass is 10.1. The zero-order valence-corrected chi connectivity index (χ0v) is 12.9. The summed E-state index contributed by atoms with van der Waals surface area (Å²) in [7, 11) is 1.68. The molecule has 20 heavy (non-hydrogen) atoms. The number of thiazole rings is 1. The molecule has 0 saturated heterocycles. The Morgan fingerprint density at radius 1 is 1.50 bits per heavy atom. The lowest BCUT2D eigenvalue weighted by molar-refractivity contribution is 0.0701. The lowest BCUT2D eigenvalue weighted by Crippen LogP contribution is -1.94. The summed E-state index contributed by atoms with van der Waals surface area (Å²) < 4.78 is 5.01. The van der Waals surface area contributed by atoms with Gasteiger partial charge in [0.2, 0.25) is 0 Å². The fraction of sp³-hybridized carbons (Fsp3) is 0.286. The van der Waals surface area contributed by atoms with Crippen LogP contribution in [0, 0.1) is 6.92 Å². The average molecular weight is 309 g/mol. The molecule has 0 unspecified atom stereocenters. The number of ether oxygens (including phenoxy) is 1. The van der Waals surface area contributed by atoms with Crippen LogP contribution < -0.4 is 0 Å². The molecule has 2 rings (SSSR count). The topological polar surface area (TPSA) is 59.4 Å². The van der Waals surface area contributed by atoms with E-state index in [-0.39, 0.29) is 0 Å². The van der Waals surface area contributed by atoms with Gasteiger partial charge >= 0.3 is 5.97 Å². The predicted octanol–water partition coefficient (Wildman–Crippen LogP) is 3.65. The minimum Gasteiger partial charge on any atom is -0.477 e. The molecule has 1 N–H and O–H groups in total. The van der Waals surface area contributed by atoms with Crippen LogP contribution in [0.5, 0.6) is 0 Å². The Balaban J connectivity index is 2.22. The molecule has 0 saturated carbocycles. The van der Waals surface area contributed by atoms with Gasteiger partial charge in [0.05, 0.1) is 11.6 Å². The summed E-state index contributed by atoms with van der Waals surface area (Å²) in [4.78, 5) is 15.7. The van der Waals surface area contributed by atoms with Gasteiger partial charge in [0.25, 0.3) is 0 Å². The predicted molar refractivity (Wildman–Crippen MR) is 82.4 cm³/mol. The second-order valence-corrected chi connectivity index (χ2v) is 6.13. The molecular formula is C14H15NO3S2. The van der Waals surface area contributed by atoms with Crippen molar-refractivity contribution in [3.05, 3.63) is 40.4 Å². The van der Waals surface area contributed by atoms with Crippen molar-refractivity contribution in [3.63, 3.8) is 0 Å². The standard InChI is InChI=1S/C14H15NO3S2/c1-9-12(14(16)17)20-13(15-9)11-5-3-4-10(6-11)7-19-8-18-2/h3-6H,7-8H2,1-2H3,(H,16,17). The van der Waals surface area contributed by atoms with Gasteiger partial charge in [-0.1, -0.05) is 18.2 Å². The molecule has 0 aliphatic rings. The highest BCUT2D eigenvalue weighted by Gasteiger charge is 2.15. The van der Waals surface area contributed by atoms with Crippen LogP contribution in [-0.2, 0) is 10.5 Å². The van der Waals surface area contributed by atoms with Crippen LogP contribution >= 0.6 is 23.1 Å². The number of thioether (sulfide) groups is 1. The Kier molecular flexibility index (Phi) is 5.17. The van der Waals surface area contributed by atoms with E-state index in [0.29, 0.717) is 16.5 Å². The molecule has 0 amide bonds. The SMILES string of the molecule is COCSCc1cccc(-c2nc(C)c(C(=O)O)s2)c1. The molecule has 1 aromatic carbocycles. The van der Waals surface area contributed by atoms with Crippen molar-refractivity contribution in [2.75, 3.05) is 13.0 Å². The first-order valence-corrected chi connectivity index (χ1v) is 7.95. The van der Waals surface area contributed by atoms with Crippen molar-refractivity contribution in [1.82, 2.24) is 4.98 Å². The molecule has 0 atom stereocenters. The van der Waals surface area contributed by atoms with Crippen LogP contribution in [0.25, 0.3) is 10.6 Å². The van der Waals surface area contributed by atoms with E-state index in [0.717, 1.165) is 16.3 Å². The third-order valence-corrected chi connectivity index (χ3v) is 4.77. The minimum absolute atomic E-state index is 0.305. The van der Waals surface area contributed by atoms with Gasteiger partial charge in [-0.3, -0.25) is 0 Å². The van der Waals surface area contributed by atoms with Crippen molar-refractivity contribution in [2.24, 2.45) is 0 Å². The molecule has 0 radical (unpaired) electrons. The Morgan fingerprint density at radius 2 is 2.30 bits per heavy atom. The first kappa shape index (κ1) is 15.0. The number of hydrogen-bond donors (Lipinski definition) is 1. The zero-order valence-electron chi connectivity index (χ0n) is 11.3. The van der Waals surface area contributed by atoms with Gasteiger partial charge in [-0.05, 0) is 18.6 Å². The second-order valence-electron chi connectivity index (χ2n) is 4.19. The van der Waals surface area contributed by atoms with E-state index < -0.39 is 5.97 Å². The highest BCUT2D eigenvalue weighted by Crippen LogP contribution is 2.29. The van der Waals surface area contributed by atoms with E-state index in [1.54, 1.807) is 25.8 Å². The molecule has 0 fully saturated rings. The van der Waals surface area contributed by atoms with Gasteiger partial charge < -0.3 is 9.84 Å². The van der Waals surface area contributed by atoms with Crippen molar-refractivity contribution >= 4 is 29.1 Å². The molecule has 2 aromatic rings. The van der Waals surface area contributed by atoms with Crippen molar-refractivity contribution in [3.8, 4) is 10.6 Å². The average Bonchev–Trinajstić information content (AvgIpc) is 2.82. The molecule has 0 bridgehead atoms. The summed E-state index contributed by atoms with van der Waals surface area (Å²) in [5.74, 6) is 0.597. The summed E-state index contributed by atoms with van der Waals surface area (Å²) >= 11 is 2.91. The number of carbonyl (C=O) groups is 1. The van der Waals surface area contributed by atoms with Crippen molar-refractivity contribution in [2.45, 2.75) is 12.7 Å². The van der Waals surface area contributed by atoms with E-state index in [4.69, 9.17) is 9.84 Å². The molecule has 1 heterocycles. The van der Waals surface area contributed by atoms with E-state index in [1.807, 2.05) is 24.3 Å². The van der Waals surface area contributed by atoms with Crippen LogP contribution in [0.4, 0.5) is 0 Å². The zero-order chi connectivity index (χ0) is 14.5.